The van der Waals surface area contributed by atoms with Gasteiger partial charge in [0.2, 0.25) is 10.0 Å². The number of aromatic nitrogens is 1. The number of fused-ring (bicyclic) bond motifs is 1. The van der Waals surface area contributed by atoms with Crippen molar-refractivity contribution in [2.24, 2.45) is 0 Å². The number of rotatable bonds is 4. The minimum absolute atomic E-state index is 0.0872. The summed E-state index contributed by atoms with van der Waals surface area (Å²) in [5, 5.41) is 3.23. The van der Waals surface area contributed by atoms with Crippen LogP contribution in [0.4, 0.5) is 5.13 Å². The van der Waals surface area contributed by atoms with E-state index in [1.165, 1.54) is 27.0 Å². The number of nitrogens with zero attached hydrogens (tertiary/aromatic N) is 2. The highest BCUT2D eigenvalue weighted by atomic mass is 35.5. The van der Waals surface area contributed by atoms with E-state index < -0.39 is 10.0 Å². The molecule has 6 nitrogen and oxygen atoms in total. The van der Waals surface area contributed by atoms with Gasteiger partial charge < -0.3 is 0 Å². The van der Waals surface area contributed by atoms with E-state index >= 15 is 0 Å². The molecule has 0 atom stereocenters. The number of halogens is 1. The van der Waals surface area contributed by atoms with Crippen molar-refractivity contribution in [3.05, 3.63) is 31.9 Å². The summed E-state index contributed by atoms with van der Waals surface area (Å²) in [4.78, 5) is 17.9. The Labute approximate surface area is 147 Å². The molecular weight excluding hydrogens is 378 g/mol. The van der Waals surface area contributed by atoms with Gasteiger partial charge in [0.25, 0.3) is 5.91 Å². The number of thiazole rings is 1. The highest BCUT2D eigenvalue weighted by molar-refractivity contribution is 7.89. The standard InChI is InChI=1S/C13H14ClN3O3S3/c1-2-23(19,20)17-6-5-8-10(7-17)22-13(15-8)16-12(18)9-3-4-11(14)21-9/h3-4H,2,5-7H2,1H3,(H,15,16,18). The van der Waals surface area contributed by atoms with Gasteiger partial charge in [-0.2, -0.15) is 4.31 Å². The van der Waals surface area contributed by atoms with Crippen LogP contribution in [0.1, 0.15) is 27.2 Å². The van der Waals surface area contributed by atoms with E-state index in [0.29, 0.717) is 33.9 Å². The maximum atomic E-state index is 12.1. The van der Waals surface area contributed by atoms with Gasteiger partial charge in [0, 0.05) is 24.4 Å². The normalized spacial score (nSPS) is 15.4. The third-order valence-electron chi connectivity index (χ3n) is 3.47. The summed E-state index contributed by atoms with van der Waals surface area (Å²) >= 11 is 8.34. The van der Waals surface area contributed by atoms with E-state index in [9.17, 15) is 13.2 Å². The zero-order chi connectivity index (χ0) is 16.6. The number of amides is 1. The Morgan fingerprint density at radius 3 is 2.87 bits per heavy atom. The van der Waals surface area contributed by atoms with Gasteiger partial charge in [-0.05, 0) is 19.1 Å². The molecule has 1 N–H and O–H groups in total. The Morgan fingerprint density at radius 1 is 1.43 bits per heavy atom. The van der Waals surface area contributed by atoms with E-state index in [0.717, 1.165) is 10.6 Å². The van der Waals surface area contributed by atoms with Crippen LogP contribution in [-0.2, 0) is 23.0 Å². The summed E-state index contributed by atoms with van der Waals surface area (Å²) < 4.78 is 26.0. The van der Waals surface area contributed by atoms with Crippen LogP contribution in [0, 0.1) is 0 Å². The number of hydrogen-bond donors (Lipinski definition) is 1. The molecule has 1 amide bonds. The first-order valence-corrected chi connectivity index (χ1v) is 10.5. The minimum Gasteiger partial charge on any atom is -0.297 e. The van der Waals surface area contributed by atoms with Crippen LogP contribution in [0.25, 0.3) is 0 Å². The predicted molar refractivity (Wildman–Crippen MR) is 93.0 cm³/mol. The van der Waals surface area contributed by atoms with Crippen molar-refractivity contribution in [3.8, 4) is 0 Å². The molecule has 0 saturated heterocycles. The molecule has 0 aromatic carbocycles. The Balaban J connectivity index is 1.75. The first-order valence-electron chi connectivity index (χ1n) is 6.92. The molecular formula is C13H14ClN3O3S3. The molecule has 3 heterocycles. The fourth-order valence-electron chi connectivity index (χ4n) is 2.24. The Bertz CT molecular complexity index is 844. The summed E-state index contributed by atoms with van der Waals surface area (Å²) in [6, 6.07) is 3.33. The van der Waals surface area contributed by atoms with Gasteiger partial charge in [0.15, 0.2) is 5.13 Å². The van der Waals surface area contributed by atoms with Gasteiger partial charge in [-0.1, -0.05) is 11.6 Å². The molecule has 2 aromatic rings. The van der Waals surface area contributed by atoms with Crippen molar-refractivity contribution in [2.45, 2.75) is 19.9 Å². The predicted octanol–water partition coefficient (Wildman–Crippen LogP) is 2.82. The van der Waals surface area contributed by atoms with Crippen LogP contribution < -0.4 is 5.32 Å². The fraction of sp³-hybridized carbons (Fsp3) is 0.385. The summed E-state index contributed by atoms with van der Waals surface area (Å²) in [7, 11) is -3.21. The first-order chi connectivity index (χ1) is 10.9. The third-order valence-corrected chi connectivity index (χ3v) is 7.53. The maximum Gasteiger partial charge on any atom is 0.267 e. The average molecular weight is 392 g/mol. The second-order valence-corrected chi connectivity index (χ2v) is 9.99. The van der Waals surface area contributed by atoms with Crippen molar-refractivity contribution in [3.63, 3.8) is 0 Å². The smallest absolute Gasteiger partial charge is 0.267 e. The minimum atomic E-state index is -3.21. The lowest BCUT2D eigenvalue weighted by atomic mass is 10.2. The largest absolute Gasteiger partial charge is 0.297 e. The number of carbonyl (C=O) groups is 1. The fourth-order valence-corrected chi connectivity index (χ4v) is 5.34. The molecule has 10 heteroatoms. The van der Waals surface area contributed by atoms with Crippen LogP contribution in [0.15, 0.2) is 12.1 Å². The monoisotopic (exact) mass is 391 g/mol. The summed E-state index contributed by atoms with van der Waals surface area (Å²) in [6.45, 7) is 2.39. The number of sulfonamides is 1. The molecule has 0 aliphatic carbocycles. The van der Waals surface area contributed by atoms with Gasteiger partial charge >= 0.3 is 0 Å². The van der Waals surface area contributed by atoms with Gasteiger partial charge in [-0.3, -0.25) is 10.1 Å². The molecule has 0 spiro atoms. The van der Waals surface area contributed by atoms with Crippen molar-refractivity contribution >= 4 is 55.3 Å². The van der Waals surface area contributed by atoms with Crippen LogP contribution in [0.3, 0.4) is 0 Å². The molecule has 0 saturated carbocycles. The lowest BCUT2D eigenvalue weighted by Crippen LogP contribution is -2.36. The van der Waals surface area contributed by atoms with E-state index in [-0.39, 0.29) is 11.7 Å². The van der Waals surface area contributed by atoms with E-state index in [2.05, 4.69) is 10.3 Å². The number of nitrogens with one attached hydrogen (secondary N) is 1. The van der Waals surface area contributed by atoms with Crippen LogP contribution >= 0.6 is 34.3 Å². The zero-order valence-corrected chi connectivity index (χ0v) is 15.4. The second-order valence-electron chi connectivity index (χ2n) is 4.93. The van der Waals surface area contributed by atoms with Crippen molar-refractivity contribution < 1.29 is 13.2 Å². The molecule has 2 aromatic heterocycles. The van der Waals surface area contributed by atoms with E-state index in [4.69, 9.17) is 11.6 Å². The van der Waals surface area contributed by atoms with E-state index in [1.54, 1.807) is 19.1 Å². The highest BCUT2D eigenvalue weighted by Crippen LogP contribution is 2.30. The number of carbonyl (C=O) groups excluding carboxylic acids is 1. The SMILES string of the molecule is CCS(=O)(=O)N1CCc2nc(NC(=O)c3ccc(Cl)s3)sc2C1. The lowest BCUT2D eigenvalue weighted by Gasteiger charge is -2.24. The molecule has 124 valence electrons. The Kier molecular flexibility index (Phi) is 4.75. The van der Waals surface area contributed by atoms with Gasteiger partial charge in [-0.25, -0.2) is 13.4 Å². The number of anilines is 1. The molecule has 0 radical (unpaired) electrons. The Morgan fingerprint density at radius 2 is 2.22 bits per heavy atom. The van der Waals surface area contributed by atoms with Gasteiger partial charge in [0.05, 0.1) is 20.7 Å². The van der Waals surface area contributed by atoms with Gasteiger partial charge in [0.1, 0.15) is 0 Å². The van der Waals surface area contributed by atoms with Gasteiger partial charge in [-0.15, -0.1) is 22.7 Å². The van der Waals surface area contributed by atoms with Crippen LogP contribution in [-0.4, -0.2) is 35.9 Å². The highest BCUT2D eigenvalue weighted by Gasteiger charge is 2.28. The molecule has 3 rings (SSSR count). The van der Waals surface area contributed by atoms with Crippen molar-refractivity contribution in [1.82, 2.24) is 9.29 Å². The van der Waals surface area contributed by atoms with Crippen molar-refractivity contribution in [2.75, 3.05) is 17.6 Å². The summed E-state index contributed by atoms with van der Waals surface area (Å²) in [5.41, 5.74) is 0.858. The average Bonchev–Trinajstić information content (AvgIpc) is 3.11. The first kappa shape index (κ1) is 16.8. The van der Waals surface area contributed by atoms with Crippen molar-refractivity contribution in [1.29, 1.82) is 0 Å². The molecule has 23 heavy (non-hydrogen) atoms. The maximum absolute atomic E-state index is 12.1. The molecule has 1 aliphatic heterocycles. The summed E-state index contributed by atoms with van der Waals surface area (Å²) in [6.07, 6.45) is 0.561. The van der Waals surface area contributed by atoms with E-state index in [1.807, 2.05) is 0 Å². The molecule has 0 bridgehead atoms. The molecule has 0 fully saturated rings. The summed E-state index contributed by atoms with van der Waals surface area (Å²) in [5.74, 6) is -0.171. The molecule has 0 unspecified atom stereocenters. The quantitative estimate of drug-likeness (QED) is 0.869. The topological polar surface area (TPSA) is 79.4 Å². The number of hydrogen-bond acceptors (Lipinski definition) is 6. The van der Waals surface area contributed by atoms with Crippen LogP contribution in [0.2, 0.25) is 4.34 Å². The second kappa shape index (κ2) is 6.48. The lowest BCUT2D eigenvalue weighted by molar-refractivity contribution is 0.103. The third kappa shape index (κ3) is 3.58. The Hall–Kier alpha value is -1.000. The zero-order valence-electron chi connectivity index (χ0n) is 12.2. The molecule has 1 aliphatic rings. The number of thiophene rings is 1. The van der Waals surface area contributed by atoms with Crippen LogP contribution in [0.5, 0.6) is 0 Å².